The van der Waals surface area contributed by atoms with E-state index in [4.69, 9.17) is 14.2 Å². The molecule has 0 amide bonds. The Morgan fingerprint density at radius 3 is 2.64 bits per heavy atom. The van der Waals surface area contributed by atoms with E-state index in [2.05, 4.69) is 18.4 Å². The molecular weight excluding hydrogens is 358 g/mol. The van der Waals surface area contributed by atoms with Crippen LogP contribution in [0.25, 0.3) is 0 Å². The molecule has 2 heterocycles. The lowest BCUT2D eigenvalue weighted by Gasteiger charge is -2.24. The molecule has 2 aromatic rings. The molecule has 1 atom stereocenters. The van der Waals surface area contributed by atoms with Crippen LogP contribution in [-0.4, -0.2) is 35.6 Å². The fourth-order valence-corrected chi connectivity index (χ4v) is 3.26. The number of ketones is 1. The highest BCUT2D eigenvalue weighted by Crippen LogP contribution is 2.31. The summed E-state index contributed by atoms with van der Waals surface area (Å²) in [7, 11) is 0. The van der Waals surface area contributed by atoms with Gasteiger partial charge in [0, 0.05) is 23.5 Å². The number of Topliss-reactive ketones (excluding diaryl/α,β-unsaturated/α-hetero) is 1. The molecule has 6 heteroatoms. The first-order valence-electron chi connectivity index (χ1n) is 9.62. The van der Waals surface area contributed by atoms with Gasteiger partial charge in [0.15, 0.2) is 18.1 Å². The van der Waals surface area contributed by atoms with Gasteiger partial charge in [0.05, 0.1) is 0 Å². The minimum Gasteiger partial charge on any atom is -0.485 e. The number of ether oxygens (including phenoxy) is 3. The van der Waals surface area contributed by atoms with Crippen LogP contribution in [-0.2, 0) is 16.1 Å². The van der Waals surface area contributed by atoms with E-state index in [1.807, 2.05) is 26.0 Å². The van der Waals surface area contributed by atoms with Crippen LogP contribution in [0.5, 0.6) is 11.5 Å². The second kappa shape index (κ2) is 8.50. The van der Waals surface area contributed by atoms with Crippen LogP contribution < -0.4 is 9.47 Å². The Morgan fingerprint density at radius 1 is 1.21 bits per heavy atom. The van der Waals surface area contributed by atoms with Crippen molar-refractivity contribution in [2.24, 2.45) is 5.92 Å². The lowest BCUT2D eigenvalue weighted by molar-refractivity contribution is -0.153. The van der Waals surface area contributed by atoms with Crippen molar-refractivity contribution in [1.29, 1.82) is 0 Å². The zero-order valence-corrected chi connectivity index (χ0v) is 16.9. The molecule has 0 spiro atoms. The topological polar surface area (TPSA) is 66.8 Å². The number of rotatable bonds is 7. The molecule has 1 aromatic carbocycles. The number of carbonyl (C=O) groups is 2. The molecule has 1 aliphatic heterocycles. The van der Waals surface area contributed by atoms with Gasteiger partial charge in [-0.2, -0.15) is 0 Å². The molecule has 3 rings (SSSR count). The lowest BCUT2D eigenvalue weighted by Crippen LogP contribution is -2.38. The van der Waals surface area contributed by atoms with E-state index in [1.165, 1.54) is 0 Å². The summed E-state index contributed by atoms with van der Waals surface area (Å²) in [5.74, 6) is 0.863. The predicted octanol–water partition coefficient (Wildman–Crippen LogP) is 3.72. The Balaban J connectivity index is 1.58. The second-order valence-corrected chi connectivity index (χ2v) is 7.51. The minimum absolute atomic E-state index is 0.0632. The molecule has 1 aliphatic rings. The Labute approximate surface area is 165 Å². The third-order valence-corrected chi connectivity index (χ3v) is 4.92. The van der Waals surface area contributed by atoms with Crippen LogP contribution in [0.3, 0.4) is 0 Å². The van der Waals surface area contributed by atoms with Crippen LogP contribution in [0.4, 0.5) is 0 Å². The zero-order valence-electron chi connectivity index (χ0n) is 16.9. The van der Waals surface area contributed by atoms with E-state index >= 15 is 0 Å². The second-order valence-electron chi connectivity index (χ2n) is 7.51. The Morgan fingerprint density at radius 2 is 1.93 bits per heavy atom. The van der Waals surface area contributed by atoms with Gasteiger partial charge >= 0.3 is 5.97 Å². The third kappa shape index (κ3) is 4.38. The van der Waals surface area contributed by atoms with Crippen molar-refractivity contribution >= 4 is 11.8 Å². The number of aryl methyl sites for hydroxylation is 1. The van der Waals surface area contributed by atoms with Crippen LogP contribution in [0.1, 0.15) is 42.0 Å². The molecule has 1 aromatic heterocycles. The number of hydrogen-bond donors (Lipinski definition) is 0. The van der Waals surface area contributed by atoms with Crippen LogP contribution in [0.15, 0.2) is 30.3 Å². The highest BCUT2D eigenvalue weighted by Gasteiger charge is 2.29. The largest absolute Gasteiger partial charge is 0.485 e. The summed E-state index contributed by atoms with van der Waals surface area (Å²) >= 11 is 0. The van der Waals surface area contributed by atoms with Crippen molar-refractivity contribution in [3.8, 4) is 11.5 Å². The number of hydrogen-bond acceptors (Lipinski definition) is 5. The summed E-state index contributed by atoms with van der Waals surface area (Å²) in [6.45, 7) is 8.89. The van der Waals surface area contributed by atoms with Gasteiger partial charge in [-0.25, -0.2) is 4.79 Å². The summed E-state index contributed by atoms with van der Waals surface area (Å²) < 4.78 is 18.5. The van der Waals surface area contributed by atoms with E-state index in [-0.39, 0.29) is 19.0 Å². The Bertz CT molecular complexity index is 868. The average Bonchev–Trinajstić information content (AvgIpc) is 2.97. The molecule has 0 radical (unpaired) electrons. The first kappa shape index (κ1) is 20.0. The van der Waals surface area contributed by atoms with Crippen molar-refractivity contribution < 1.29 is 23.8 Å². The van der Waals surface area contributed by atoms with E-state index < -0.39 is 12.1 Å². The number of carbonyl (C=O) groups excluding carboxylic acids is 2. The molecule has 1 unspecified atom stereocenters. The standard InChI is InChI=1S/C22H27NO5/c1-14(2)9-10-23-15(3)11-17(16(23)4)18(24)12-27-22(25)21-13-26-19-7-5-6-8-20(19)28-21/h5-8,11,14,21H,9-10,12-13H2,1-4H3. The molecule has 6 nitrogen and oxygen atoms in total. The highest BCUT2D eigenvalue weighted by atomic mass is 16.6. The first-order chi connectivity index (χ1) is 13.4. The summed E-state index contributed by atoms with van der Waals surface area (Å²) in [5, 5.41) is 0. The zero-order chi connectivity index (χ0) is 20.3. The molecule has 0 saturated carbocycles. The quantitative estimate of drug-likeness (QED) is 0.537. The number of para-hydroxylation sites is 2. The van der Waals surface area contributed by atoms with Gasteiger partial charge < -0.3 is 18.8 Å². The number of nitrogens with zero attached hydrogens (tertiary/aromatic N) is 1. The first-order valence-corrected chi connectivity index (χ1v) is 9.62. The fourth-order valence-electron chi connectivity index (χ4n) is 3.26. The summed E-state index contributed by atoms with van der Waals surface area (Å²) in [6.07, 6.45) is 0.167. The van der Waals surface area contributed by atoms with Crippen LogP contribution in [0.2, 0.25) is 0 Å². The maximum Gasteiger partial charge on any atom is 0.351 e. The van der Waals surface area contributed by atoms with Crippen molar-refractivity contribution in [1.82, 2.24) is 4.57 Å². The van der Waals surface area contributed by atoms with Gasteiger partial charge in [0.2, 0.25) is 11.9 Å². The molecular formula is C22H27NO5. The van der Waals surface area contributed by atoms with Gasteiger partial charge in [-0.15, -0.1) is 0 Å². The summed E-state index contributed by atoms with van der Waals surface area (Å²) in [6, 6.07) is 9.00. The van der Waals surface area contributed by atoms with E-state index in [0.29, 0.717) is 23.0 Å². The molecule has 0 bridgehead atoms. The molecule has 0 N–H and O–H groups in total. The predicted molar refractivity (Wildman–Crippen MR) is 105 cm³/mol. The van der Waals surface area contributed by atoms with Crippen LogP contribution in [0, 0.1) is 19.8 Å². The molecule has 0 fully saturated rings. The smallest absolute Gasteiger partial charge is 0.351 e. The van der Waals surface area contributed by atoms with E-state index in [1.54, 1.807) is 18.2 Å². The maximum absolute atomic E-state index is 12.6. The third-order valence-electron chi connectivity index (χ3n) is 4.92. The van der Waals surface area contributed by atoms with Crippen LogP contribution >= 0.6 is 0 Å². The van der Waals surface area contributed by atoms with Gasteiger partial charge in [0.25, 0.3) is 0 Å². The van der Waals surface area contributed by atoms with Crippen molar-refractivity contribution in [3.05, 3.63) is 47.3 Å². The molecule has 0 saturated heterocycles. The van der Waals surface area contributed by atoms with Crippen molar-refractivity contribution in [3.63, 3.8) is 0 Å². The number of fused-ring (bicyclic) bond motifs is 1. The van der Waals surface area contributed by atoms with Crippen molar-refractivity contribution in [2.75, 3.05) is 13.2 Å². The number of aromatic nitrogens is 1. The molecule has 28 heavy (non-hydrogen) atoms. The van der Waals surface area contributed by atoms with Crippen molar-refractivity contribution in [2.45, 2.75) is 46.8 Å². The molecule has 150 valence electrons. The van der Waals surface area contributed by atoms with E-state index in [0.717, 1.165) is 24.4 Å². The molecule has 0 aliphatic carbocycles. The lowest BCUT2D eigenvalue weighted by atomic mass is 10.1. The maximum atomic E-state index is 12.6. The monoisotopic (exact) mass is 385 g/mol. The van der Waals surface area contributed by atoms with E-state index in [9.17, 15) is 9.59 Å². The SMILES string of the molecule is Cc1cc(C(=O)COC(=O)C2COc3ccccc3O2)c(C)n1CCC(C)C. The van der Waals surface area contributed by atoms with Gasteiger partial charge in [-0.05, 0) is 44.4 Å². The summed E-state index contributed by atoms with van der Waals surface area (Å²) in [4.78, 5) is 24.9. The fraction of sp³-hybridized carbons (Fsp3) is 0.455. The van der Waals surface area contributed by atoms with Gasteiger partial charge in [-0.1, -0.05) is 26.0 Å². The normalized spacial score (nSPS) is 15.5. The number of benzene rings is 1. The van der Waals surface area contributed by atoms with Gasteiger partial charge in [-0.3, -0.25) is 4.79 Å². The van der Waals surface area contributed by atoms with Gasteiger partial charge in [0.1, 0.15) is 6.61 Å². The minimum atomic E-state index is -0.874. The Hall–Kier alpha value is -2.76. The Kier molecular flexibility index (Phi) is 6.07. The summed E-state index contributed by atoms with van der Waals surface area (Å²) in [5.41, 5.74) is 2.54. The number of esters is 1. The highest BCUT2D eigenvalue weighted by molar-refractivity contribution is 5.99. The average molecular weight is 385 g/mol.